The molecule has 0 aliphatic rings. The van der Waals surface area contributed by atoms with E-state index in [1.165, 1.54) is 18.9 Å². The van der Waals surface area contributed by atoms with Crippen molar-refractivity contribution in [2.75, 3.05) is 18.6 Å². The van der Waals surface area contributed by atoms with Crippen molar-refractivity contribution >= 4 is 29.5 Å². The van der Waals surface area contributed by atoms with E-state index in [1.807, 2.05) is 12.3 Å². The standard InChI is InChI=1S/C23H29FO2S2/c1-4-5-7-17(2)16-26-23(25)10-11-28-22-14-19(13-21(15-22)27-3)18-8-6-9-20(24)12-18/h6,8-9,12-15,17H,4-5,7,10-11,16H2,1-3H3. The topological polar surface area (TPSA) is 26.3 Å². The average Bonchev–Trinajstić information content (AvgIpc) is 2.70. The van der Waals surface area contributed by atoms with Gasteiger partial charge in [-0.1, -0.05) is 38.8 Å². The Bertz CT molecular complexity index is 764. The first-order chi connectivity index (χ1) is 13.5. The van der Waals surface area contributed by atoms with Gasteiger partial charge in [-0.25, -0.2) is 4.39 Å². The van der Waals surface area contributed by atoms with Crippen molar-refractivity contribution in [1.82, 2.24) is 0 Å². The van der Waals surface area contributed by atoms with Crippen molar-refractivity contribution in [2.45, 2.75) is 49.3 Å². The van der Waals surface area contributed by atoms with Gasteiger partial charge in [0, 0.05) is 15.5 Å². The Morgan fingerprint density at radius 1 is 1.14 bits per heavy atom. The number of rotatable bonds is 11. The van der Waals surface area contributed by atoms with E-state index in [1.54, 1.807) is 35.7 Å². The summed E-state index contributed by atoms with van der Waals surface area (Å²) in [6, 6.07) is 12.9. The van der Waals surface area contributed by atoms with Crippen LogP contribution >= 0.6 is 23.5 Å². The van der Waals surface area contributed by atoms with Gasteiger partial charge in [0.25, 0.3) is 0 Å². The van der Waals surface area contributed by atoms with Gasteiger partial charge in [-0.3, -0.25) is 4.79 Å². The van der Waals surface area contributed by atoms with Crippen LogP contribution in [0.4, 0.5) is 4.39 Å². The van der Waals surface area contributed by atoms with Crippen LogP contribution in [0.15, 0.2) is 52.3 Å². The molecule has 0 spiro atoms. The van der Waals surface area contributed by atoms with Crippen molar-refractivity contribution in [1.29, 1.82) is 0 Å². The van der Waals surface area contributed by atoms with E-state index in [2.05, 4.69) is 32.0 Å². The molecule has 0 amide bonds. The zero-order valence-electron chi connectivity index (χ0n) is 16.9. The summed E-state index contributed by atoms with van der Waals surface area (Å²) in [5.74, 6) is 0.714. The van der Waals surface area contributed by atoms with Gasteiger partial charge in [-0.2, -0.15) is 0 Å². The summed E-state index contributed by atoms with van der Waals surface area (Å²) in [6.07, 6.45) is 5.86. The number of esters is 1. The molecule has 1 unspecified atom stereocenters. The first-order valence-corrected chi connectivity index (χ1v) is 12.0. The van der Waals surface area contributed by atoms with E-state index in [0.29, 0.717) is 24.7 Å². The average molecular weight is 421 g/mol. The fourth-order valence-electron chi connectivity index (χ4n) is 2.80. The molecule has 0 N–H and O–H groups in total. The van der Waals surface area contributed by atoms with Gasteiger partial charge in [0.05, 0.1) is 13.0 Å². The summed E-state index contributed by atoms with van der Waals surface area (Å²) in [5.41, 5.74) is 1.85. The lowest BCUT2D eigenvalue weighted by atomic mass is 10.1. The first-order valence-electron chi connectivity index (χ1n) is 9.75. The van der Waals surface area contributed by atoms with Crippen molar-refractivity contribution in [3.05, 3.63) is 48.3 Å². The SMILES string of the molecule is CCCCC(C)COC(=O)CCSc1cc(SC)cc(-c2cccc(F)c2)c1. The summed E-state index contributed by atoms with van der Waals surface area (Å²) in [4.78, 5) is 14.2. The maximum absolute atomic E-state index is 13.6. The van der Waals surface area contributed by atoms with E-state index in [0.717, 1.165) is 27.3 Å². The number of thioether (sulfide) groups is 2. The zero-order chi connectivity index (χ0) is 20.4. The fraction of sp³-hybridized carbons (Fsp3) is 0.435. The maximum Gasteiger partial charge on any atom is 0.306 e. The van der Waals surface area contributed by atoms with Crippen LogP contribution in [-0.4, -0.2) is 24.6 Å². The largest absolute Gasteiger partial charge is 0.465 e. The highest BCUT2D eigenvalue weighted by molar-refractivity contribution is 7.99. The number of halogens is 1. The van der Waals surface area contributed by atoms with Crippen LogP contribution in [0.2, 0.25) is 0 Å². The van der Waals surface area contributed by atoms with Crippen LogP contribution in [-0.2, 0) is 9.53 Å². The second kappa shape index (κ2) is 12.2. The highest BCUT2D eigenvalue weighted by Gasteiger charge is 2.09. The first kappa shape index (κ1) is 22.8. The molecule has 2 aromatic carbocycles. The number of carbonyl (C=O) groups is 1. The monoisotopic (exact) mass is 420 g/mol. The highest BCUT2D eigenvalue weighted by atomic mass is 32.2. The Hall–Kier alpha value is -1.46. The molecule has 5 heteroatoms. The number of hydrogen-bond donors (Lipinski definition) is 0. The van der Waals surface area contributed by atoms with Crippen LogP contribution in [0.25, 0.3) is 11.1 Å². The van der Waals surface area contributed by atoms with Crippen LogP contribution in [0, 0.1) is 11.7 Å². The molecule has 0 radical (unpaired) electrons. The number of benzene rings is 2. The lowest BCUT2D eigenvalue weighted by Gasteiger charge is -2.12. The second-order valence-corrected chi connectivity index (χ2v) is 8.98. The van der Waals surface area contributed by atoms with Crippen molar-refractivity contribution < 1.29 is 13.9 Å². The Morgan fingerprint density at radius 3 is 2.64 bits per heavy atom. The van der Waals surface area contributed by atoms with Gasteiger partial charge in [-0.05, 0) is 60.1 Å². The fourth-order valence-corrected chi connectivity index (χ4v) is 4.29. The van der Waals surface area contributed by atoms with Crippen LogP contribution in [0.5, 0.6) is 0 Å². The lowest BCUT2D eigenvalue weighted by Crippen LogP contribution is -2.12. The van der Waals surface area contributed by atoms with Gasteiger partial charge in [0.2, 0.25) is 0 Å². The second-order valence-electron chi connectivity index (χ2n) is 6.94. The molecular formula is C23H29FO2S2. The van der Waals surface area contributed by atoms with Crippen LogP contribution in [0.1, 0.15) is 39.5 Å². The number of hydrogen-bond acceptors (Lipinski definition) is 4. The quantitative estimate of drug-likeness (QED) is 0.287. The van der Waals surface area contributed by atoms with Crippen LogP contribution in [0.3, 0.4) is 0 Å². The van der Waals surface area contributed by atoms with E-state index in [4.69, 9.17) is 4.74 Å². The molecule has 0 aliphatic carbocycles. The summed E-state index contributed by atoms with van der Waals surface area (Å²) in [7, 11) is 0. The summed E-state index contributed by atoms with van der Waals surface area (Å²) >= 11 is 3.29. The van der Waals surface area contributed by atoms with E-state index < -0.39 is 0 Å². The van der Waals surface area contributed by atoms with E-state index >= 15 is 0 Å². The maximum atomic E-state index is 13.6. The van der Waals surface area contributed by atoms with Gasteiger partial charge in [0.1, 0.15) is 5.82 Å². The molecule has 0 aromatic heterocycles. The third-order valence-corrected chi connectivity index (χ3v) is 6.11. The minimum Gasteiger partial charge on any atom is -0.465 e. The van der Waals surface area contributed by atoms with Crippen molar-refractivity contribution in [3.63, 3.8) is 0 Å². The molecule has 1 atom stereocenters. The van der Waals surface area contributed by atoms with Gasteiger partial charge in [0.15, 0.2) is 0 Å². The minimum atomic E-state index is -0.239. The molecule has 0 saturated heterocycles. The van der Waals surface area contributed by atoms with Gasteiger partial charge >= 0.3 is 5.97 Å². The Balaban J connectivity index is 1.90. The molecule has 152 valence electrons. The number of unbranched alkanes of at least 4 members (excludes halogenated alkanes) is 1. The summed E-state index contributed by atoms with van der Waals surface area (Å²) < 4.78 is 19.0. The third-order valence-electron chi connectivity index (χ3n) is 4.43. The normalized spacial score (nSPS) is 12.0. The van der Waals surface area contributed by atoms with Gasteiger partial charge in [-0.15, -0.1) is 23.5 Å². The molecule has 28 heavy (non-hydrogen) atoms. The molecular weight excluding hydrogens is 391 g/mol. The summed E-state index contributed by atoms with van der Waals surface area (Å²) in [5, 5.41) is 0. The molecule has 0 fully saturated rings. The lowest BCUT2D eigenvalue weighted by molar-refractivity contribution is -0.144. The summed E-state index contributed by atoms with van der Waals surface area (Å²) in [6.45, 7) is 4.80. The number of ether oxygens (including phenoxy) is 1. The predicted molar refractivity (Wildman–Crippen MR) is 119 cm³/mol. The Labute approximate surface area is 176 Å². The molecule has 0 aliphatic heterocycles. The van der Waals surface area contributed by atoms with Gasteiger partial charge < -0.3 is 4.74 Å². The number of carbonyl (C=O) groups excluding carboxylic acids is 1. The molecule has 0 saturated carbocycles. The van der Waals surface area contributed by atoms with Crippen molar-refractivity contribution in [2.24, 2.45) is 5.92 Å². The Morgan fingerprint density at radius 2 is 1.93 bits per heavy atom. The minimum absolute atomic E-state index is 0.137. The molecule has 0 bridgehead atoms. The molecule has 0 heterocycles. The van der Waals surface area contributed by atoms with E-state index in [9.17, 15) is 9.18 Å². The smallest absolute Gasteiger partial charge is 0.306 e. The van der Waals surface area contributed by atoms with E-state index in [-0.39, 0.29) is 11.8 Å². The molecule has 2 nitrogen and oxygen atoms in total. The molecule has 2 rings (SSSR count). The molecule has 2 aromatic rings. The van der Waals surface area contributed by atoms with Crippen molar-refractivity contribution in [3.8, 4) is 11.1 Å². The zero-order valence-corrected chi connectivity index (χ0v) is 18.5. The highest BCUT2D eigenvalue weighted by Crippen LogP contribution is 2.31. The third kappa shape index (κ3) is 7.88. The van der Waals surface area contributed by atoms with Crippen LogP contribution < -0.4 is 0 Å². The Kier molecular flexibility index (Phi) is 9.93. The predicted octanol–water partition coefficient (Wildman–Crippen LogP) is 7.07.